The Morgan fingerprint density at radius 1 is 1.15 bits per heavy atom. The summed E-state index contributed by atoms with van der Waals surface area (Å²) in [6.45, 7) is 7.61. The predicted octanol–water partition coefficient (Wildman–Crippen LogP) is 6.59. The van der Waals surface area contributed by atoms with E-state index in [2.05, 4.69) is 4.98 Å². The lowest BCUT2D eigenvalue weighted by Gasteiger charge is -2.08. The molecule has 0 amide bonds. The average Bonchev–Trinajstić information content (AvgIpc) is 3.21. The molecule has 7 nitrogen and oxygen atoms in total. The highest BCUT2D eigenvalue weighted by molar-refractivity contribution is 6.30. The molecule has 180 valence electrons. The first-order chi connectivity index (χ1) is 16.2. The van der Waals surface area contributed by atoms with Crippen LogP contribution in [0.2, 0.25) is 5.02 Å². The summed E-state index contributed by atoms with van der Waals surface area (Å²) >= 11 is 5.92. The molecule has 0 radical (unpaired) electrons. The number of Topliss-reactive ketones (excluding diaryl/α,β-unsaturated/α-hetero) is 1. The zero-order chi connectivity index (χ0) is 24.8. The normalized spacial score (nSPS) is 11.0. The van der Waals surface area contributed by atoms with E-state index in [9.17, 15) is 14.7 Å². The number of aromatic hydroxyl groups is 1. The van der Waals surface area contributed by atoms with Crippen molar-refractivity contribution in [2.24, 2.45) is 0 Å². The van der Waals surface area contributed by atoms with Crippen molar-refractivity contribution in [1.82, 2.24) is 4.98 Å². The van der Waals surface area contributed by atoms with Gasteiger partial charge in [0.15, 0.2) is 11.5 Å². The Kier molecular flexibility index (Phi) is 8.34. The fraction of sp³-hybridized carbons (Fsp3) is 0.346. The highest BCUT2D eigenvalue weighted by Crippen LogP contribution is 2.34. The summed E-state index contributed by atoms with van der Waals surface area (Å²) in [7, 11) is 0. The number of carbonyl (C=O) groups excluding carboxylic acids is 2. The minimum absolute atomic E-state index is 0.0233. The molecule has 2 aromatic carbocycles. The van der Waals surface area contributed by atoms with Gasteiger partial charge in [0.2, 0.25) is 5.89 Å². The van der Waals surface area contributed by atoms with Crippen molar-refractivity contribution in [2.75, 3.05) is 0 Å². The predicted molar refractivity (Wildman–Crippen MR) is 128 cm³/mol. The molecule has 3 aromatic rings. The van der Waals surface area contributed by atoms with Gasteiger partial charge in [-0.15, -0.1) is 0 Å². The van der Waals surface area contributed by atoms with Gasteiger partial charge in [0.05, 0.1) is 11.3 Å². The summed E-state index contributed by atoms with van der Waals surface area (Å²) in [4.78, 5) is 38.8. The number of phenols is 1. The molecule has 0 spiro atoms. The lowest BCUT2D eigenvalue weighted by molar-refractivity contribution is -0.214. The molecule has 0 fully saturated rings. The van der Waals surface area contributed by atoms with E-state index in [1.54, 1.807) is 37.3 Å². The second kappa shape index (κ2) is 11.2. The third-order valence-electron chi connectivity index (χ3n) is 5.21. The summed E-state index contributed by atoms with van der Waals surface area (Å²) in [5.74, 6) is 0.862. The van der Waals surface area contributed by atoms with E-state index < -0.39 is 5.97 Å². The van der Waals surface area contributed by atoms with E-state index >= 15 is 0 Å². The molecular weight excluding hydrogens is 458 g/mol. The highest BCUT2D eigenvalue weighted by atomic mass is 35.5. The number of hydrogen-bond acceptors (Lipinski definition) is 7. The Bertz CT molecular complexity index is 1180. The number of aromatic nitrogens is 1. The van der Waals surface area contributed by atoms with Crippen molar-refractivity contribution in [3.05, 3.63) is 64.0 Å². The molecule has 1 N–H and O–H groups in total. The molecule has 0 saturated heterocycles. The summed E-state index contributed by atoms with van der Waals surface area (Å²) in [5, 5.41) is 10.6. The van der Waals surface area contributed by atoms with E-state index in [-0.39, 0.29) is 36.2 Å². The SMILES string of the molecule is CCCC(=O)OOc1ccc(C(=O)CCc2nc(-c3ccc(Cl)cc3O)oc2C(C)C)cc1C. The van der Waals surface area contributed by atoms with E-state index in [0.29, 0.717) is 51.8 Å². The number of oxazole rings is 1. The minimum atomic E-state index is -0.443. The number of halogens is 1. The summed E-state index contributed by atoms with van der Waals surface area (Å²) in [5.41, 5.74) is 2.32. The van der Waals surface area contributed by atoms with E-state index in [1.165, 1.54) is 6.07 Å². The fourth-order valence-corrected chi connectivity index (χ4v) is 3.59. The maximum atomic E-state index is 12.8. The monoisotopic (exact) mass is 485 g/mol. The van der Waals surface area contributed by atoms with Crippen LogP contribution in [0.15, 0.2) is 40.8 Å². The van der Waals surface area contributed by atoms with Crippen molar-refractivity contribution in [3.63, 3.8) is 0 Å². The van der Waals surface area contributed by atoms with E-state index in [4.69, 9.17) is 25.8 Å². The first-order valence-corrected chi connectivity index (χ1v) is 11.6. The van der Waals surface area contributed by atoms with Gasteiger partial charge in [0.1, 0.15) is 11.5 Å². The van der Waals surface area contributed by atoms with Crippen LogP contribution in [0, 0.1) is 6.92 Å². The molecule has 1 aromatic heterocycles. The van der Waals surface area contributed by atoms with Crippen molar-refractivity contribution in [1.29, 1.82) is 0 Å². The second-order valence-electron chi connectivity index (χ2n) is 8.34. The summed E-state index contributed by atoms with van der Waals surface area (Å²) in [6, 6.07) is 9.68. The van der Waals surface area contributed by atoms with Gasteiger partial charge < -0.3 is 9.52 Å². The van der Waals surface area contributed by atoms with Crippen molar-refractivity contribution >= 4 is 23.4 Å². The Morgan fingerprint density at radius 3 is 2.56 bits per heavy atom. The van der Waals surface area contributed by atoms with Gasteiger partial charge in [-0.2, -0.15) is 0 Å². The first-order valence-electron chi connectivity index (χ1n) is 11.2. The molecule has 0 atom stereocenters. The van der Waals surface area contributed by atoms with Gasteiger partial charge in [0.25, 0.3) is 0 Å². The standard InChI is InChI=1S/C26H28ClNO6/c1-5-6-24(31)34-33-23-12-7-17(13-16(23)4)21(29)11-10-20-25(15(2)3)32-26(28-20)19-9-8-18(27)14-22(19)30/h7-9,12-15,30H,5-6,10-11H2,1-4H3. The van der Waals surface area contributed by atoms with Gasteiger partial charge >= 0.3 is 5.97 Å². The van der Waals surface area contributed by atoms with Crippen molar-refractivity contribution < 1.29 is 28.9 Å². The third kappa shape index (κ3) is 6.17. The van der Waals surface area contributed by atoms with Crippen LogP contribution in [-0.4, -0.2) is 21.8 Å². The number of carbonyl (C=O) groups is 2. The molecule has 0 aliphatic heterocycles. The number of benzene rings is 2. The molecule has 3 rings (SSSR count). The number of aryl methyl sites for hydroxylation is 2. The smallest absolute Gasteiger partial charge is 0.355 e. The largest absolute Gasteiger partial charge is 0.507 e. The highest BCUT2D eigenvalue weighted by Gasteiger charge is 2.20. The van der Waals surface area contributed by atoms with Crippen LogP contribution in [0.25, 0.3) is 11.5 Å². The first kappa shape index (κ1) is 25.3. The number of hydrogen-bond donors (Lipinski definition) is 1. The topological polar surface area (TPSA) is 98.9 Å². The second-order valence-corrected chi connectivity index (χ2v) is 8.77. The van der Waals surface area contributed by atoms with Crippen LogP contribution in [-0.2, 0) is 16.1 Å². The molecule has 0 bridgehead atoms. The summed E-state index contributed by atoms with van der Waals surface area (Å²) in [6.07, 6.45) is 1.55. The maximum absolute atomic E-state index is 12.8. The summed E-state index contributed by atoms with van der Waals surface area (Å²) < 4.78 is 5.94. The molecule has 8 heteroatoms. The van der Waals surface area contributed by atoms with Crippen LogP contribution in [0.3, 0.4) is 0 Å². The molecule has 34 heavy (non-hydrogen) atoms. The zero-order valence-corrected chi connectivity index (χ0v) is 20.4. The van der Waals surface area contributed by atoms with Crippen LogP contribution < -0.4 is 4.89 Å². The number of rotatable bonds is 10. The minimum Gasteiger partial charge on any atom is -0.507 e. The molecule has 0 aliphatic carbocycles. The number of ketones is 1. The van der Waals surface area contributed by atoms with Crippen molar-refractivity contribution in [3.8, 4) is 23.0 Å². The van der Waals surface area contributed by atoms with Gasteiger partial charge in [-0.3, -0.25) is 14.6 Å². The Morgan fingerprint density at radius 2 is 1.91 bits per heavy atom. The number of nitrogens with zero attached hydrogens (tertiary/aromatic N) is 1. The van der Waals surface area contributed by atoms with Gasteiger partial charge in [-0.05, 0) is 55.3 Å². The molecule has 0 aliphatic rings. The van der Waals surface area contributed by atoms with E-state index in [0.717, 1.165) is 0 Å². The van der Waals surface area contributed by atoms with Crippen LogP contribution in [0.4, 0.5) is 0 Å². The molecule has 1 heterocycles. The lowest BCUT2D eigenvalue weighted by atomic mass is 10.0. The Hall–Kier alpha value is -3.32. The van der Waals surface area contributed by atoms with Crippen LogP contribution in [0.1, 0.15) is 73.3 Å². The average molecular weight is 486 g/mol. The lowest BCUT2D eigenvalue weighted by Crippen LogP contribution is -2.08. The molecular formula is C26H28ClNO6. The Balaban J connectivity index is 1.71. The van der Waals surface area contributed by atoms with Gasteiger partial charge in [-0.25, -0.2) is 9.78 Å². The quantitative estimate of drug-likeness (QED) is 0.196. The molecule has 0 saturated carbocycles. The van der Waals surface area contributed by atoms with E-state index in [1.807, 2.05) is 20.8 Å². The maximum Gasteiger partial charge on any atom is 0.355 e. The molecule has 0 unspecified atom stereocenters. The third-order valence-corrected chi connectivity index (χ3v) is 5.44. The van der Waals surface area contributed by atoms with Gasteiger partial charge in [0, 0.05) is 35.8 Å². The van der Waals surface area contributed by atoms with Crippen molar-refractivity contribution in [2.45, 2.75) is 59.3 Å². The number of phenolic OH excluding ortho intramolecular Hbond substituents is 1. The fourth-order valence-electron chi connectivity index (χ4n) is 3.42. The Labute approximate surface area is 203 Å². The van der Waals surface area contributed by atoms with Gasteiger partial charge in [-0.1, -0.05) is 32.4 Å². The zero-order valence-electron chi connectivity index (χ0n) is 19.7. The van der Waals surface area contributed by atoms with Crippen LogP contribution in [0.5, 0.6) is 11.5 Å². The van der Waals surface area contributed by atoms with Crippen LogP contribution >= 0.6 is 11.6 Å².